The Morgan fingerprint density at radius 2 is 1.75 bits per heavy atom. The van der Waals surface area contributed by atoms with Gasteiger partial charge in [0, 0.05) is 12.5 Å². The van der Waals surface area contributed by atoms with Crippen LogP contribution in [-0.2, 0) is 14.3 Å². The van der Waals surface area contributed by atoms with E-state index in [9.17, 15) is 19.5 Å². The van der Waals surface area contributed by atoms with E-state index in [1.54, 1.807) is 0 Å². The average Bonchev–Trinajstić information content (AvgIpc) is 3.39. The zero-order valence-corrected chi connectivity index (χ0v) is 17.5. The summed E-state index contributed by atoms with van der Waals surface area (Å²) < 4.78 is 5.46. The molecule has 4 rings (SSSR count). The number of carboxylic acid groups (broad SMARTS) is 1. The highest BCUT2D eigenvalue weighted by molar-refractivity contribution is 5.90. The Hall–Kier alpha value is -3.79. The lowest BCUT2D eigenvalue weighted by Gasteiger charge is -2.26. The maximum absolute atomic E-state index is 12.9. The quantitative estimate of drug-likeness (QED) is 0.684. The molecule has 1 aliphatic heterocycles. The van der Waals surface area contributed by atoms with Crippen molar-refractivity contribution in [2.45, 2.75) is 37.3 Å². The van der Waals surface area contributed by atoms with E-state index < -0.39 is 30.4 Å². The minimum Gasteiger partial charge on any atom is -0.481 e. The molecule has 0 radical (unpaired) electrons. The number of benzene rings is 2. The van der Waals surface area contributed by atoms with Crippen LogP contribution < -0.4 is 5.32 Å². The van der Waals surface area contributed by atoms with E-state index in [1.807, 2.05) is 48.5 Å². The average molecular weight is 432 g/mol. The maximum atomic E-state index is 12.9. The smallest absolute Gasteiger partial charge is 0.407 e. The third kappa shape index (κ3) is 4.17. The van der Waals surface area contributed by atoms with Gasteiger partial charge in [0.25, 0.3) is 0 Å². The van der Waals surface area contributed by atoms with E-state index in [0.717, 1.165) is 28.7 Å². The van der Waals surface area contributed by atoms with Gasteiger partial charge in [-0.05, 0) is 35.1 Å². The fourth-order valence-corrected chi connectivity index (χ4v) is 4.56. The highest BCUT2D eigenvalue weighted by Gasteiger charge is 2.35. The van der Waals surface area contributed by atoms with Gasteiger partial charge in [0.05, 0.1) is 12.5 Å². The first-order chi connectivity index (χ1) is 15.5. The largest absolute Gasteiger partial charge is 0.481 e. The molecule has 1 fully saturated rings. The first-order valence-corrected chi connectivity index (χ1v) is 10.6. The topological polar surface area (TPSA) is 95.9 Å². The molecule has 1 aliphatic carbocycles. The number of hydrogen-bond acceptors (Lipinski definition) is 4. The molecule has 2 atom stereocenters. The monoisotopic (exact) mass is 432 g/mol. The van der Waals surface area contributed by atoms with Crippen molar-refractivity contribution in [3.8, 4) is 23.5 Å². The molecule has 1 saturated heterocycles. The van der Waals surface area contributed by atoms with Crippen molar-refractivity contribution >= 4 is 18.0 Å². The van der Waals surface area contributed by atoms with Crippen molar-refractivity contribution in [1.29, 1.82) is 0 Å². The number of fused-ring (bicyclic) bond motifs is 3. The molecule has 164 valence electrons. The van der Waals surface area contributed by atoms with Crippen LogP contribution in [0, 0.1) is 12.3 Å². The Kier molecular flexibility index (Phi) is 6.13. The van der Waals surface area contributed by atoms with Crippen LogP contribution in [0.4, 0.5) is 4.79 Å². The minimum absolute atomic E-state index is 0.0739. The van der Waals surface area contributed by atoms with E-state index in [2.05, 4.69) is 11.2 Å². The van der Waals surface area contributed by atoms with Gasteiger partial charge in [-0.25, -0.2) is 4.79 Å². The predicted molar refractivity (Wildman–Crippen MR) is 118 cm³/mol. The Bertz CT molecular complexity index is 1040. The molecule has 7 heteroatoms. The predicted octanol–water partition coefficient (Wildman–Crippen LogP) is 2.99. The summed E-state index contributed by atoms with van der Waals surface area (Å²) in [7, 11) is 0. The zero-order chi connectivity index (χ0) is 22.7. The van der Waals surface area contributed by atoms with Gasteiger partial charge in [-0.3, -0.25) is 9.59 Å². The van der Waals surface area contributed by atoms with Gasteiger partial charge >= 0.3 is 12.1 Å². The number of aliphatic carboxylic acids is 1. The maximum Gasteiger partial charge on any atom is 0.407 e. The van der Waals surface area contributed by atoms with Crippen molar-refractivity contribution in [2.24, 2.45) is 0 Å². The standard InChI is InChI=1S/C25H24N2O5/c1-2-16-8-7-13-27(16)24(30)22(14-23(28)29)26-25(31)32-15-21-19-11-5-3-9-17(19)18-10-4-6-12-20(18)21/h1,3-6,9-12,16,21-22H,7-8,13-15H2,(H,26,31)(H,28,29). The minimum atomic E-state index is -1.24. The summed E-state index contributed by atoms with van der Waals surface area (Å²) >= 11 is 0. The lowest BCUT2D eigenvalue weighted by atomic mass is 9.98. The molecular formula is C25H24N2O5. The third-order valence-corrected chi connectivity index (χ3v) is 6.04. The summed E-state index contributed by atoms with van der Waals surface area (Å²) in [6.45, 7) is 0.515. The summed E-state index contributed by atoms with van der Waals surface area (Å²) in [5, 5.41) is 11.7. The fraction of sp³-hybridized carbons (Fsp3) is 0.320. The number of alkyl carbamates (subject to hydrolysis) is 1. The molecule has 2 amide bonds. The number of carbonyl (C=O) groups is 3. The van der Waals surface area contributed by atoms with E-state index in [-0.39, 0.29) is 18.6 Å². The fourth-order valence-electron chi connectivity index (χ4n) is 4.56. The number of hydrogen-bond donors (Lipinski definition) is 2. The molecule has 32 heavy (non-hydrogen) atoms. The van der Waals surface area contributed by atoms with E-state index >= 15 is 0 Å². The number of rotatable bonds is 6. The second-order valence-electron chi connectivity index (χ2n) is 7.98. The molecule has 7 nitrogen and oxygen atoms in total. The molecule has 2 N–H and O–H groups in total. The summed E-state index contributed by atoms with van der Waals surface area (Å²) in [5.74, 6) is 0.724. The van der Waals surface area contributed by atoms with Gasteiger partial charge in [0.1, 0.15) is 12.6 Å². The van der Waals surface area contributed by atoms with E-state index in [0.29, 0.717) is 13.0 Å². The number of terminal acetylenes is 1. The van der Waals surface area contributed by atoms with Crippen LogP contribution in [0.15, 0.2) is 48.5 Å². The van der Waals surface area contributed by atoms with Gasteiger partial charge in [-0.15, -0.1) is 6.42 Å². The van der Waals surface area contributed by atoms with Crippen molar-refractivity contribution < 1.29 is 24.2 Å². The molecule has 1 heterocycles. The normalized spacial score (nSPS) is 17.7. The van der Waals surface area contributed by atoms with Crippen LogP contribution in [0.5, 0.6) is 0 Å². The van der Waals surface area contributed by atoms with Gasteiger partial charge in [0.2, 0.25) is 5.91 Å². The van der Waals surface area contributed by atoms with Crippen LogP contribution in [0.25, 0.3) is 11.1 Å². The highest BCUT2D eigenvalue weighted by atomic mass is 16.5. The molecule has 0 bridgehead atoms. The number of likely N-dealkylation sites (tertiary alicyclic amines) is 1. The summed E-state index contributed by atoms with van der Waals surface area (Å²) in [6, 6.07) is 14.3. The van der Waals surface area contributed by atoms with Crippen LogP contribution in [0.3, 0.4) is 0 Å². The van der Waals surface area contributed by atoms with Gasteiger partial charge < -0.3 is 20.1 Å². The molecular weight excluding hydrogens is 408 g/mol. The Morgan fingerprint density at radius 3 is 2.34 bits per heavy atom. The number of carboxylic acids is 1. The van der Waals surface area contributed by atoms with Crippen LogP contribution in [0.2, 0.25) is 0 Å². The van der Waals surface area contributed by atoms with Crippen LogP contribution >= 0.6 is 0 Å². The lowest BCUT2D eigenvalue weighted by molar-refractivity contribution is -0.142. The zero-order valence-electron chi connectivity index (χ0n) is 17.5. The molecule has 0 saturated carbocycles. The first kappa shape index (κ1) is 21.4. The number of nitrogens with zero attached hydrogens (tertiary/aromatic N) is 1. The van der Waals surface area contributed by atoms with Crippen molar-refractivity contribution in [1.82, 2.24) is 10.2 Å². The molecule has 0 aromatic heterocycles. The first-order valence-electron chi connectivity index (χ1n) is 10.6. The van der Waals surface area contributed by atoms with Crippen LogP contribution in [0.1, 0.15) is 36.3 Å². The molecule has 2 aliphatic rings. The second-order valence-corrected chi connectivity index (χ2v) is 7.98. The number of nitrogens with one attached hydrogen (secondary N) is 1. The summed E-state index contributed by atoms with van der Waals surface area (Å²) in [5.41, 5.74) is 4.33. The summed E-state index contributed by atoms with van der Waals surface area (Å²) in [6.07, 6.45) is 5.51. The van der Waals surface area contributed by atoms with Crippen molar-refractivity contribution in [3.05, 3.63) is 59.7 Å². The summed E-state index contributed by atoms with van der Waals surface area (Å²) in [4.78, 5) is 38.2. The van der Waals surface area contributed by atoms with E-state index in [1.165, 1.54) is 4.90 Å². The Balaban J connectivity index is 1.45. The molecule has 2 aromatic carbocycles. The number of ether oxygens (including phenoxy) is 1. The van der Waals surface area contributed by atoms with Crippen molar-refractivity contribution in [2.75, 3.05) is 13.2 Å². The second kappa shape index (κ2) is 9.15. The lowest BCUT2D eigenvalue weighted by Crippen LogP contribution is -2.50. The Morgan fingerprint density at radius 1 is 1.12 bits per heavy atom. The number of carbonyl (C=O) groups excluding carboxylic acids is 2. The van der Waals surface area contributed by atoms with E-state index in [4.69, 9.17) is 11.2 Å². The molecule has 2 aromatic rings. The Labute approximate surface area is 186 Å². The molecule has 0 spiro atoms. The third-order valence-electron chi connectivity index (χ3n) is 6.04. The van der Waals surface area contributed by atoms with Gasteiger partial charge in [0.15, 0.2) is 0 Å². The SMILES string of the molecule is C#CC1CCCN1C(=O)C(CC(=O)O)NC(=O)OCC1c2ccccc2-c2ccccc21. The van der Waals surface area contributed by atoms with Gasteiger partial charge in [-0.2, -0.15) is 0 Å². The number of amides is 2. The van der Waals surface area contributed by atoms with Gasteiger partial charge in [-0.1, -0.05) is 54.5 Å². The van der Waals surface area contributed by atoms with Crippen LogP contribution in [-0.4, -0.2) is 53.2 Å². The van der Waals surface area contributed by atoms with Crippen molar-refractivity contribution in [3.63, 3.8) is 0 Å². The highest BCUT2D eigenvalue weighted by Crippen LogP contribution is 2.44. The molecule has 2 unspecified atom stereocenters.